The number of guanidine groups is 1. The summed E-state index contributed by atoms with van der Waals surface area (Å²) in [5.41, 5.74) is 10.3. The lowest BCUT2D eigenvalue weighted by molar-refractivity contribution is -0.126. The Kier molecular flexibility index (Phi) is 6.91. The van der Waals surface area contributed by atoms with E-state index in [0.717, 1.165) is 6.29 Å². The Morgan fingerprint density at radius 1 is 1.44 bits per heavy atom. The lowest BCUT2D eigenvalue weighted by atomic mass is 10.1. The average molecular weight is 228 g/mol. The van der Waals surface area contributed by atoms with Gasteiger partial charge < -0.3 is 21.6 Å². The number of nitrogens with zero attached hydrogens (tertiary/aromatic N) is 1. The van der Waals surface area contributed by atoms with Crippen LogP contribution in [-0.4, -0.2) is 30.7 Å². The van der Waals surface area contributed by atoms with E-state index in [1.54, 1.807) is 13.8 Å². The maximum absolute atomic E-state index is 11.3. The van der Waals surface area contributed by atoms with E-state index in [2.05, 4.69) is 10.3 Å². The summed E-state index contributed by atoms with van der Waals surface area (Å²) in [5, 5.41) is 2.64. The molecule has 0 aromatic carbocycles. The molecule has 0 unspecified atom stereocenters. The average Bonchev–Trinajstić information content (AvgIpc) is 2.21. The third-order valence-electron chi connectivity index (χ3n) is 1.98. The highest BCUT2D eigenvalue weighted by Gasteiger charge is 2.13. The summed E-state index contributed by atoms with van der Waals surface area (Å²) in [4.78, 5) is 25.8. The topological polar surface area (TPSA) is 111 Å². The smallest absolute Gasteiger partial charge is 0.223 e. The van der Waals surface area contributed by atoms with E-state index in [-0.39, 0.29) is 17.8 Å². The number of amides is 1. The van der Waals surface area contributed by atoms with Crippen LogP contribution in [0, 0.1) is 5.92 Å². The van der Waals surface area contributed by atoms with Crippen LogP contribution in [0.25, 0.3) is 0 Å². The van der Waals surface area contributed by atoms with Crippen molar-refractivity contribution in [2.75, 3.05) is 6.54 Å². The van der Waals surface area contributed by atoms with Crippen molar-refractivity contribution in [1.29, 1.82) is 0 Å². The number of nitrogens with one attached hydrogen (secondary N) is 1. The molecule has 16 heavy (non-hydrogen) atoms. The van der Waals surface area contributed by atoms with Crippen LogP contribution >= 0.6 is 0 Å². The van der Waals surface area contributed by atoms with E-state index < -0.39 is 6.04 Å². The number of nitrogens with two attached hydrogens (primary N) is 2. The number of aldehydes is 1. The molecule has 1 amide bonds. The van der Waals surface area contributed by atoms with Crippen LogP contribution < -0.4 is 16.8 Å². The van der Waals surface area contributed by atoms with Gasteiger partial charge in [0.1, 0.15) is 6.29 Å². The minimum Gasteiger partial charge on any atom is -0.370 e. The summed E-state index contributed by atoms with van der Waals surface area (Å²) in [6.45, 7) is 4.01. The summed E-state index contributed by atoms with van der Waals surface area (Å²) >= 11 is 0. The first-order valence-electron chi connectivity index (χ1n) is 5.28. The molecular weight excluding hydrogens is 208 g/mol. The molecule has 0 bridgehead atoms. The Bertz CT molecular complexity index is 260. The van der Waals surface area contributed by atoms with Crippen molar-refractivity contribution in [3.63, 3.8) is 0 Å². The second kappa shape index (κ2) is 7.67. The van der Waals surface area contributed by atoms with Gasteiger partial charge in [-0.25, -0.2) is 0 Å². The van der Waals surface area contributed by atoms with Crippen molar-refractivity contribution >= 4 is 18.2 Å². The second-order valence-corrected chi connectivity index (χ2v) is 3.85. The lowest BCUT2D eigenvalue weighted by Crippen LogP contribution is -2.38. The van der Waals surface area contributed by atoms with Crippen LogP contribution in [0.3, 0.4) is 0 Å². The Morgan fingerprint density at radius 2 is 2.06 bits per heavy atom. The summed E-state index contributed by atoms with van der Waals surface area (Å²) in [7, 11) is 0. The Morgan fingerprint density at radius 3 is 2.50 bits per heavy atom. The van der Waals surface area contributed by atoms with Gasteiger partial charge in [0, 0.05) is 12.5 Å². The molecule has 0 fully saturated rings. The second-order valence-electron chi connectivity index (χ2n) is 3.85. The number of carbonyl (C=O) groups is 2. The normalized spacial score (nSPS) is 11.9. The highest BCUT2D eigenvalue weighted by Crippen LogP contribution is 1.98. The van der Waals surface area contributed by atoms with Crippen molar-refractivity contribution in [3.8, 4) is 0 Å². The van der Waals surface area contributed by atoms with Crippen LogP contribution in [-0.2, 0) is 9.59 Å². The number of aliphatic imine (C=N–C) groups is 1. The minimum absolute atomic E-state index is 0.0360. The van der Waals surface area contributed by atoms with Crippen molar-refractivity contribution in [2.24, 2.45) is 22.4 Å². The van der Waals surface area contributed by atoms with Crippen molar-refractivity contribution in [2.45, 2.75) is 32.7 Å². The maximum atomic E-state index is 11.3. The number of hydrogen-bond donors (Lipinski definition) is 3. The summed E-state index contributed by atoms with van der Waals surface area (Å²) in [6, 6.07) is -0.455. The van der Waals surface area contributed by atoms with Gasteiger partial charge in [-0.15, -0.1) is 0 Å². The standard InChI is InChI=1S/C10H20N4O2/c1-7(2)9(16)14-8(6-15)4-3-5-13-10(11)12/h6-8H,3-5H2,1-2H3,(H,14,16)(H4,11,12,13)/t8-/m0/s1. The molecule has 0 spiro atoms. The molecule has 0 aliphatic heterocycles. The molecule has 1 atom stereocenters. The number of rotatable bonds is 7. The quantitative estimate of drug-likeness (QED) is 0.233. The van der Waals surface area contributed by atoms with Gasteiger partial charge in [-0.1, -0.05) is 13.8 Å². The van der Waals surface area contributed by atoms with E-state index >= 15 is 0 Å². The first-order valence-corrected chi connectivity index (χ1v) is 5.28. The molecule has 0 aromatic rings. The van der Waals surface area contributed by atoms with Gasteiger partial charge in [-0.3, -0.25) is 9.79 Å². The van der Waals surface area contributed by atoms with E-state index in [9.17, 15) is 9.59 Å². The fraction of sp³-hybridized carbons (Fsp3) is 0.700. The molecule has 0 aliphatic carbocycles. The predicted molar refractivity (Wildman–Crippen MR) is 62.7 cm³/mol. The number of hydrogen-bond acceptors (Lipinski definition) is 3. The maximum Gasteiger partial charge on any atom is 0.223 e. The Balaban J connectivity index is 3.88. The van der Waals surface area contributed by atoms with Crippen LogP contribution in [0.2, 0.25) is 0 Å². The Hall–Kier alpha value is -1.59. The molecule has 0 radical (unpaired) electrons. The molecular formula is C10H20N4O2. The zero-order valence-electron chi connectivity index (χ0n) is 9.77. The fourth-order valence-electron chi connectivity index (χ4n) is 1.04. The molecule has 0 heterocycles. The van der Waals surface area contributed by atoms with Gasteiger partial charge in [0.15, 0.2) is 5.96 Å². The van der Waals surface area contributed by atoms with Crippen LogP contribution in [0.4, 0.5) is 0 Å². The van der Waals surface area contributed by atoms with Gasteiger partial charge in [0.2, 0.25) is 5.91 Å². The summed E-state index contributed by atoms with van der Waals surface area (Å²) in [5.74, 6) is -0.215. The molecule has 5 N–H and O–H groups in total. The number of carbonyl (C=O) groups excluding carboxylic acids is 2. The van der Waals surface area contributed by atoms with Gasteiger partial charge in [-0.2, -0.15) is 0 Å². The van der Waals surface area contributed by atoms with Crippen LogP contribution in [0.15, 0.2) is 4.99 Å². The van der Waals surface area contributed by atoms with E-state index in [0.29, 0.717) is 19.4 Å². The largest absolute Gasteiger partial charge is 0.370 e. The molecule has 0 saturated carbocycles. The van der Waals surface area contributed by atoms with E-state index in [1.165, 1.54) is 0 Å². The lowest BCUT2D eigenvalue weighted by Gasteiger charge is -2.13. The molecule has 0 saturated heterocycles. The monoisotopic (exact) mass is 228 g/mol. The van der Waals surface area contributed by atoms with Gasteiger partial charge in [0.05, 0.1) is 6.04 Å². The molecule has 92 valence electrons. The third-order valence-corrected chi connectivity index (χ3v) is 1.98. The molecule has 6 heteroatoms. The Labute approximate surface area is 95.5 Å². The van der Waals surface area contributed by atoms with Gasteiger partial charge in [0.25, 0.3) is 0 Å². The highest BCUT2D eigenvalue weighted by molar-refractivity contribution is 5.81. The highest BCUT2D eigenvalue weighted by atomic mass is 16.2. The van der Waals surface area contributed by atoms with Crippen molar-refractivity contribution in [1.82, 2.24) is 5.32 Å². The van der Waals surface area contributed by atoms with Crippen LogP contribution in [0.5, 0.6) is 0 Å². The van der Waals surface area contributed by atoms with E-state index in [4.69, 9.17) is 11.5 Å². The van der Waals surface area contributed by atoms with Gasteiger partial charge >= 0.3 is 0 Å². The van der Waals surface area contributed by atoms with E-state index in [1.807, 2.05) is 0 Å². The summed E-state index contributed by atoms with van der Waals surface area (Å²) in [6.07, 6.45) is 1.92. The zero-order valence-corrected chi connectivity index (χ0v) is 9.77. The van der Waals surface area contributed by atoms with Crippen molar-refractivity contribution in [3.05, 3.63) is 0 Å². The predicted octanol–water partition coefficient (Wildman–Crippen LogP) is -0.620. The fourth-order valence-corrected chi connectivity index (χ4v) is 1.04. The van der Waals surface area contributed by atoms with Crippen LogP contribution in [0.1, 0.15) is 26.7 Å². The molecule has 0 rings (SSSR count). The third kappa shape index (κ3) is 6.80. The SMILES string of the molecule is CC(C)C(=O)N[C@H](C=O)CCCN=C(N)N. The molecule has 6 nitrogen and oxygen atoms in total. The summed E-state index contributed by atoms with van der Waals surface area (Å²) < 4.78 is 0. The molecule has 0 aliphatic rings. The van der Waals surface area contributed by atoms with Crippen molar-refractivity contribution < 1.29 is 9.59 Å². The molecule has 0 aromatic heterocycles. The van der Waals surface area contributed by atoms with Gasteiger partial charge in [-0.05, 0) is 12.8 Å². The first kappa shape index (κ1) is 14.4. The zero-order chi connectivity index (χ0) is 12.6. The minimum atomic E-state index is -0.455. The first-order chi connectivity index (χ1) is 7.47.